The Labute approximate surface area is 207 Å². The number of aromatic nitrogens is 1. The van der Waals surface area contributed by atoms with Crippen LogP contribution < -0.4 is 19.6 Å². The van der Waals surface area contributed by atoms with Crippen LogP contribution in [0.4, 0.5) is 0 Å². The molecule has 0 radical (unpaired) electrons. The molecule has 5 rings (SSSR count). The van der Waals surface area contributed by atoms with Crippen LogP contribution in [0.25, 0.3) is 33.0 Å². The highest BCUT2D eigenvalue weighted by molar-refractivity contribution is 6.10. The molecule has 182 valence electrons. The van der Waals surface area contributed by atoms with E-state index >= 15 is 0 Å². The Bertz CT molecular complexity index is 1660. The van der Waals surface area contributed by atoms with E-state index in [1.165, 1.54) is 6.26 Å². The Morgan fingerprint density at radius 2 is 1.58 bits per heavy atom. The average molecular weight is 484 g/mol. The van der Waals surface area contributed by atoms with E-state index in [2.05, 4.69) is 0 Å². The number of aryl methyl sites for hydroxylation is 1. The second-order valence-electron chi connectivity index (χ2n) is 8.48. The van der Waals surface area contributed by atoms with Gasteiger partial charge in [0.25, 0.3) is 0 Å². The van der Waals surface area contributed by atoms with Crippen molar-refractivity contribution in [3.63, 3.8) is 0 Å². The molecule has 0 fully saturated rings. The predicted octanol–water partition coefficient (Wildman–Crippen LogP) is 5.54. The molecule has 0 saturated heterocycles. The lowest BCUT2D eigenvalue weighted by molar-refractivity contribution is 0.0922. The minimum Gasteiger partial charge on any atom is -0.497 e. The number of rotatable bonds is 7. The molecule has 3 aromatic carbocycles. The largest absolute Gasteiger partial charge is 0.497 e. The van der Waals surface area contributed by atoms with Crippen LogP contribution in [0.3, 0.4) is 0 Å². The van der Waals surface area contributed by atoms with Crippen molar-refractivity contribution >= 4 is 27.7 Å². The maximum Gasteiger partial charge on any atom is 0.202 e. The number of nitrogens with zero attached hydrogens (tertiary/aromatic N) is 1. The summed E-state index contributed by atoms with van der Waals surface area (Å²) in [4.78, 5) is 26.2. The average Bonchev–Trinajstić information content (AvgIpc) is 3.16. The third kappa shape index (κ3) is 3.98. The Hall–Kier alpha value is -4.52. The van der Waals surface area contributed by atoms with Gasteiger partial charge in [-0.3, -0.25) is 9.59 Å². The molecule has 2 aromatic heterocycles. The van der Waals surface area contributed by atoms with E-state index in [0.29, 0.717) is 39.3 Å². The molecule has 7 heteroatoms. The molecular weight excluding hydrogens is 458 g/mol. The number of carbonyl (C=O) groups is 1. The minimum atomic E-state index is -0.156. The van der Waals surface area contributed by atoms with Crippen molar-refractivity contribution in [1.29, 1.82) is 0 Å². The smallest absolute Gasteiger partial charge is 0.202 e. The first-order valence-corrected chi connectivity index (χ1v) is 11.4. The van der Waals surface area contributed by atoms with E-state index in [0.717, 1.165) is 22.2 Å². The van der Waals surface area contributed by atoms with Crippen LogP contribution in [0.1, 0.15) is 16.1 Å². The standard InChI is InChI=1S/C29H25NO6/c1-17-28(23-13-20(34-4)10-12-25(23)30(17)2)26(31)16-35-21-9-11-22-27(14-21)36-15-24(29(22)32)18-5-7-19(33-3)8-6-18/h5-15H,16H2,1-4H3. The second kappa shape index (κ2) is 9.26. The van der Waals surface area contributed by atoms with Crippen LogP contribution in [0.15, 0.2) is 76.1 Å². The summed E-state index contributed by atoms with van der Waals surface area (Å²) in [6, 6.07) is 17.8. The summed E-state index contributed by atoms with van der Waals surface area (Å²) >= 11 is 0. The van der Waals surface area contributed by atoms with Crippen LogP contribution in [-0.4, -0.2) is 31.2 Å². The summed E-state index contributed by atoms with van der Waals surface area (Å²) in [7, 11) is 5.11. The zero-order valence-corrected chi connectivity index (χ0v) is 20.5. The summed E-state index contributed by atoms with van der Waals surface area (Å²) in [5.74, 6) is 1.68. The van der Waals surface area contributed by atoms with Crippen molar-refractivity contribution in [3.05, 3.63) is 88.4 Å². The van der Waals surface area contributed by atoms with Crippen molar-refractivity contribution in [2.24, 2.45) is 7.05 Å². The number of methoxy groups -OCH3 is 2. The zero-order valence-electron chi connectivity index (χ0n) is 20.5. The SMILES string of the molecule is COc1ccc(-c2coc3cc(OCC(=O)c4c(C)n(C)c5ccc(OC)cc45)ccc3c2=O)cc1. The van der Waals surface area contributed by atoms with Crippen LogP contribution in [0, 0.1) is 6.92 Å². The molecule has 7 nitrogen and oxygen atoms in total. The van der Waals surface area contributed by atoms with Gasteiger partial charge < -0.3 is 23.2 Å². The number of ether oxygens (including phenoxy) is 3. The molecule has 0 amide bonds. The predicted molar refractivity (Wildman–Crippen MR) is 139 cm³/mol. The van der Waals surface area contributed by atoms with Gasteiger partial charge in [-0.25, -0.2) is 0 Å². The quantitative estimate of drug-likeness (QED) is 0.283. The van der Waals surface area contributed by atoms with Gasteiger partial charge in [0.15, 0.2) is 12.0 Å². The molecule has 0 saturated carbocycles. The number of fused-ring (bicyclic) bond motifs is 2. The zero-order chi connectivity index (χ0) is 25.4. The van der Waals surface area contributed by atoms with Gasteiger partial charge >= 0.3 is 0 Å². The summed E-state index contributed by atoms with van der Waals surface area (Å²) in [5, 5.41) is 1.25. The number of ketones is 1. The molecule has 0 spiro atoms. The molecule has 5 aromatic rings. The first-order chi connectivity index (χ1) is 17.4. The van der Waals surface area contributed by atoms with E-state index in [1.54, 1.807) is 44.6 Å². The molecule has 0 aliphatic rings. The summed E-state index contributed by atoms with van der Waals surface area (Å²) in [6.07, 6.45) is 1.44. The molecule has 2 heterocycles. The molecule has 0 atom stereocenters. The molecule has 0 aliphatic heterocycles. The van der Waals surface area contributed by atoms with Crippen molar-refractivity contribution < 1.29 is 23.4 Å². The van der Waals surface area contributed by atoms with Gasteiger partial charge in [0.2, 0.25) is 5.78 Å². The maximum atomic E-state index is 13.2. The highest BCUT2D eigenvalue weighted by atomic mass is 16.5. The number of benzene rings is 3. The molecule has 0 N–H and O–H groups in total. The van der Waals surface area contributed by atoms with Crippen molar-refractivity contribution in [2.45, 2.75) is 6.92 Å². The van der Waals surface area contributed by atoms with Crippen molar-refractivity contribution in [1.82, 2.24) is 4.57 Å². The lowest BCUT2D eigenvalue weighted by Gasteiger charge is -2.08. The summed E-state index contributed by atoms with van der Waals surface area (Å²) in [6.45, 7) is 1.75. The van der Waals surface area contributed by atoms with Crippen LogP contribution in [0.5, 0.6) is 17.2 Å². The fourth-order valence-corrected chi connectivity index (χ4v) is 4.42. The van der Waals surface area contributed by atoms with Gasteiger partial charge in [-0.1, -0.05) is 12.1 Å². The Morgan fingerprint density at radius 3 is 2.31 bits per heavy atom. The first-order valence-electron chi connectivity index (χ1n) is 11.4. The maximum absolute atomic E-state index is 13.2. The number of carbonyl (C=O) groups excluding carboxylic acids is 1. The van der Waals surface area contributed by atoms with Gasteiger partial charge in [-0.15, -0.1) is 0 Å². The van der Waals surface area contributed by atoms with Gasteiger partial charge in [-0.05, 0) is 55.0 Å². The van der Waals surface area contributed by atoms with Gasteiger partial charge in [0.1, 0.15) is 29.1 Å². The molecule has 0 bridgehead atoms. The Balaban J connectivity index is 1.40. The first kappa shape index (κ1) is 23.2. The lowest BCUT2D eigenvalue weighted by atomic mass is 10.1. The topological polar surface area (TPSA) is 79.9 Å². The Morgan fingerprint density at radius 1 is 0.889 bits per heavy atom. The van der Waals surface area contributed by atoms with E-state index in [4.69, 9.17) is 18.6 Å². The highest BCUT2D eigenvalue weighted by Gasteiger charge is 2.20. The monoisotopic (exact) mass is 483 g/mol. The molecular formula is C29H25NO6. The summed E-state index contributed by atoms with van der Waals surface area (Å²) < 4.78 is 24.1. The normalized spacial score (nSPS) is 11.1. The summed E-state index contributed by atoms with van der Waals surface area (Å²) in [5.41, 5.74) is 3.81. The minimum absolute atomic E-state index is 0.149. The third-order valence-electron chi connectivity index (χ3n) is 6.50. The van der Waals surface area contributed by atoms with E-state index < -0.39 is 0 Å². The van der Waals surface area contributed by atoms with E-state index in [-0.39, 0.29) is 17.8 Å². The molecule has 0 aliphatic carbocycles. The fourth-order valence-electron chi connectivity index (χ4n) is 4.42. The fraction of sp³-hybridized carbons (Fsp3) is 0.172. The van der Waals surface area contributed by atoms with Crippen molar-refractivity contribution in [2.75, 3.05) is 20.8 Å². The van der Waals surface area contributed by atoms with Crippen LogP contribution >= 0.6 is 0 Å². The number of hydrogen-bond donors (Lipinski definition) is 0. The van der Waals surface area contributed by atoms with Crippen molar-refractivity contribution in [3.8, 4) is 28.4 Å². The van der Waals surface area contributed by atoms with Gasteiger partial charge in [0.05, 0.1) is 25.2 Å². The van der Waals surface area contributed by atoms with Crippen LogP contribution in [-0.2, 0) is 7.05 Å². The van der Waals surface area contributed by atoms with Gasteiger partial charge in [-0.2, -0.15) is 0 Å². The number of Topliss-reactive ketones (excluding diaryl/α,β-unsaturated/α-hetero) is 1. The second-order valence-corrected chi connectivity index (χ2v) is 8.48. The molecule has 36 heavy (non-hydrogen) atoms. The van der Waals surface area contributed by atoms with Crippen LogP contribution in [0.2, 0.25) is 0 Å². The third-order valence-corrected chi connectivity index (χ3v) is 6.50. The van der Waals surface area contributed by atoms with Gasteiger partial charge in [0, 0.05) is 35.3 Å². The number of hydrogen-bond acceptors (Lipinski definition) is 6. The van der Waals surface area contributed by atoms with E-state index in [1.807, 2.05) is 48.9 Å². The molecule has 0 unspecified atom stereocenters. The van der Waals surface area contributed by atoms with E-state index in [9.17, 15) is 9.59 Å². The Kier molecular flexibility index (Phi) is 5.98. The highest BCUT2D eigenvalue weighted by Crippen LogP contribution is 2.30. The lowest BCUT2D eigenvalue weighted by Crippen LogP contribution is -2.13.